The molecule has 0 saturated carbocycles. The van der Waals surface area contributed by atoms with Crippen molar-refractivity contribution >= 4 is 34.8 Å². The maximum atomic E-state index is 12.3. The van der Waals surface area contributed by atoms with Crippen LogP contribution in [0.5, 0.6) is 5.75 Å². The second-order valence-electron chi connectivity index (χ2n) is 6.95. The molecule has 0 aliphatic heterocycles. The van der Waals surface area contributed by atoms with Crippen LogP contribution in [-0.4, -0.2) is 22.0 Å². The first-order valence-electron chi connectivity index (χ1n) is 9.98. The highest BCUT2D eigenvalue weighted by molar-refractivity contribution is 7.08. The van der Waals surface area contributed by atoms with Crippen molar-refractivity contribution in [1.29, 1.82) is 0 Å². The molecule has 0 fully saturated rings. The second kappa shape index (κ2) is 10.8. The molecule has 2 amide bonds. The zero-order valence-electron chi connectivity index (χ0n) is 17.3. The van der Waals surface area contributed by atoms with Gasteiger partial charge in [0.25, 0.3) is 5.91 Å². The largest absolute Gasteiger partial charge is 0.489 e. The summed E-state index contributed by atoms with van der Waals surface area (Å²) in [6.07, 6.45) is 0.355. The van der Waals surface area contributed by atoms with Gasteiger partial charge in [-0.05, 0) is 53.4 Å². The number of hydrogen-bond acceptors (Lipinski definition) is 7. The number of aryl methyl sites for hydroxylation is 1. The predicted molar refractivity (Wildman–Crippen MR) is 124 cm³/mol. The van der Waals surface area contributed by atoms with E-state index < -0.39 is 5.91 Å². The molecule has 0 bridgehead atoms. The third-order valence-electron chi connectivity index (χ3n) is 4.55. The Labute approximate surface area is 198 Å². The molecular weight excluding hydrogens is 464 g/mol. The molecule has 168 valence electrons. The van der Waals surface area contributed by atoms with E-state index >= 15 is 0 Å². The molecule has 10 heteroatoms. The van der Waals surface area contributed by atoms with Crippen molar-refractivity contribution in [3.63, 3.8) is 0 Å². The minimum absolute atomic E-state index is 0.0898. The first-order chi connectivity index (χ1) is 16.1. The van der Waals surface area contributed by atoms with Gasteiger partial charge in [-0.1, -0.05) is 23.7 Å². The van der Waals surface area contributed by atoms with Gasteiger partial charge in [-0.3, -0.25) is 20.4 Å². The Bertz CT molecular complexity index is 1210. The van der Waals surface area contributed by atoms with Crippen LogP contribution in [0.25, 0.3) is 11.5 Å². The molecule has 8 nitrogen and oxygen atoms in total. The number of hydrazine groups is 1. The summed E-state index contributed by atoms with van der Waals surface area (Å²) in [5.41, 5.74) is 6.93. The van der Waals surface area contributed by atoms with Crippen molar-refractivity contribution < 1.29 is 18.7 Å². The highest BCUT2D eigenvalue weighted by atomic mass is 35.5. The van der Waals surface area contributed by atoms with E-state index in [9.17, 15) is 9.59 Å². The van der Waals surface area contributed by atoms with Gasteiger partial charge in [0.15, 0.2) is 0 Å². The number of thiophene rings is 1. The van der Waals surface area contributed by atoms with Gasteiger partial charge >= 0.3 is 0 Å². The van der Waals surface area contributed by atoms with Crippen LogP contribution in [0, 0.1) is 0 Å². The fraction of sp³-hybridized carbons (Fsp3) is 0.130. The predicted octanol–water partition coefficient (Wildman–Crippen LogP) is 4.42. The minimum atomic E-state index is -0.425. The lowest BCUT2D eigenvalue weighted by Crippen LogP contribution is -2.41. The van der Waals surface area contributed by atoms with Crippen LogP contribution in [0.1, 0.15) is 28.2 Å². The van der Waals surface area contributed by atoms with E-state index in [4.69, 9.17) is 20.8 Å². The molecule has 0 aliphatic carbocycles. The average Bonchev–Trinajstić information content (AvgIpc) is 3.53. The number of carbonyl (C=O) groups excluding carboxylic acids is 2. The lowest BCUT2D eigenvalue weighted by molar-refractivity contribution is -0.121. The number of aromatic nitrogens is 2. The lowest BCUT2D eigenvalue weighted by atomic mass is 10.1. The summed E-state index contributed by atoms with van der Waals surface area (Å²) in [7, 11) is 0. The summed E-state index contributed by atoms with van der Waals surface area (Å²) in [5.74, 6) is 0.681. The monoisotopic (exact) mass is 482 g/mol. The molecule has 2 N–H and O–H groups in total. The van der Waals surface area contributed by atoms with Gasteiger partial charge in [0.2, 0.25) is 17.7 Å². The molecule has 0 spiro atoms. The number of hydrogen-bond donors (Lipinski definition) is 2. The third kappa shape index (κ3) is 6.41. The zero-order chi connectivity index (χ0) is 23.0. The Balaban J connectivity index is 1.19. The molecule has 2 heterocycles. The van der Waals surface area contributed by atoms with Gasteiger partial charge in [0.05, 0.1) is 0 Å². The fourth-order valence-electron chi connectivity index (χ4n) is 2.79. The van der Waals surface area contributed by atoms with Crippen molar-refractivity contribution in [2.75, 3.05) is 0 Å². The van der Waals surface area contributed by atoms with Gasteiger partial charge in [-0.2, -0.15) is 11.3 Å². The Kier molecular flexibility index (Phi) is 7.33. The first kappa shape index (κ1) is 22.5. The summed E-state index contributed by atoms with van der Waals surface area (Å²) >= 11 is 7.39. The van der Waals surface area contributed by atoms with Crippen LogP contribution >= 0.6 is 22.9 Å². The maximum absolute atomic E-state index is 12.3. The quantitative estimate of drug-likeness (QED) is 0.360. The molecular formula is C23H19ClN4O4S. The summed E-state index contributed by atoms with van der Waals surface area (Å²) in [5, 5.41) is 12.4. The molecule has 0 atom stereocenters. The van der Waals surface area contributed by atoms with E-state index in [-0.39, 0.29) is 18.7 Å². The van der Waals surface area contributed by atoms with E-state index in [2.05, 4.69) is 21.0 Å². The number of ether oxygens (including phenoxy) is 1. The Morgan fingerprint density at radius 2 is 1.79 bits per heavy atom. The summed E-state index contributed by atoms with van der Waals surface area (Å²) < 4.78 is 11.2. The van der Waals surface area contributed by atoms with E-state index in [0.717, 1.165) is 11.1 Å². The standard InChI is InChI=1S/C23H19ClN4O4S/c24-18-5-7-19(8-6-18)31-13-15-1-3-16(4-2-15)22(30)27-25-20(29)9-10-21-26-28-23(32-21)17-11-12-33-14-17/h1-8,11-12,14H,9-10,13H2,(H,25,29)(H,27,30). The molecule has 2 aromatic heterocycles. The highest BCUT2D eigenvalue weighted by Crippen LogP contribution is 2.21. The second-order valence-corrected chi connectivity index (χ2v) is 8.17. The Morgan fingerprint density at radius 3 is 2.52 bits per heavy atom. The molecule has 4 aromatic rings. The Morgan fingerprint density at radius 1 is 1.00 bits per heavy atom. The molecule has 0 saturated heterocycles. The molecule has 33 heavy (non-hydrogen) atoms. The third-order valence-corrected chi connectivity index (χ3v) is 5.49. The van der Waals surface area contributed by atoms with E-state index in [0.29, 0.717) is 34.7 Å². The van der Waals surface area contributed by atoms with E-state index in [1.165, 1.54) is 11.3 Å². The van der Waals surface area contributed by atoms with Crippen molar-refractivity contribution in [3.8, 4) is 17.2 Å². The van der Waals surface area contributed by atoms with Crippen molar-refractivity contribution in [1.82, 2.24) is 21.0 Å². The van der Waals surface area contributed by atoms with Crippen LogP contribution in [0.4, 0.5) is 0 Å². The number of rotatable bonds is 8. The van der Waals surface area contributed by atoms with Crippen LogP contribution in [0.2, 0.25) is 5.02 Å². The smallest absolute Gasteiger partial charge is 0.269 e. The van der Waals surface area contributed by atoms with Crippen LogP contribution in [0.3, 0.4) is 0 Å². The topological polar surface area (TPSA) is 106 Å². The van der Waals surface area contributed by atoms with Gasteiger partial charge in [-0.15, -0.1) is 10.2 Å². The summed E-state index contributed by atoms with van der Waals surface area (Å²) in [4.78, 5) is 24.3. The maximum Gasteiger partial charge on any atom is 0.269 e. The number of carbonyl (C=O) groups is 2. The average molecular weight is 483 g/mol. The number of benzene rings is 2. The van der Waals surface area contributed by atoms with E-state index in [1.807, 2.05) is 16.8 Å². The zero-order valence-corrected chi connectivity index (χ0v) is 18.9. The van der Waals surface area contributed by atoms with E-state index in [1.54, 1.807) is 48.5 Å². The van der Waals surface area contributed by atoms with Gasteiger partial charge < -0.3 is 9.15 Å². The van der Waals surface area contributed by atoms with Gasteiger partial charge in [0.1, 0.15) is 12.4 Å². The highest BCUT2D eigenvalue weighted by Gasteiger charge is 2.12. The number of amides is 2. The summed E-state index contributed by atoms with van der Waals surface area (Å²) in [6, 6.07) is 15.8. The first-order valence-corrected chi connectivity index (χ1v) is 11.3. The molecule has 0 radical (unpaired) electrons. The number of nitrogens with zero attached hydrogens (tertiary/aromatic N) is 2. The number of halogens is 1. The Hall–Kier alpha value is -3.69. The minimum Gasteiger partial charge on any atom is -0.489 e. The van der Waals surface area contributed by atoms with Gasteiger partial charge in [0, 0.05) is 34.4 Å². The van der Waals surface area contributed by atoms with Crippen LogP contribution < -0.4 is 15.6 Å². The molecule has 4 rings (SSSR count). The van der Waals surface area contributed by atoms with Crippen LogP contribution in [-0.2, 0) is 17.8 Å². The van der Waals surface area contributed by atoms with Crippen molar-refractivity contribution in [2.24, 2.45) is 0 Å². The SMILES string of the molecule is O=C(CCc1nnc(-c2ccsc2)o1)NNC(=O)c1ccc(COc2ccc(Cl)cc2)cc1. The number of nitrogens with one attached hydrogen (secondary N) is 2. The molecule has 0 unspecified atom stereocenters. The van der Waals surface area contributed by atoms with Crippen molar-refractivity contribution in [2.45, 2.75) is 19.4 Å². The van der Waals surface area contributed by atoms with Crippen LogP contribution in [0.15, 0.2) is 69.8 Å². The summed E-state index contributed by atoms with van der Waals surface area (Å²) in [6.45, 7) is 0.351. The molecule has 2 aromatic carbocycles. The normalized spacial score (nSPS) is 10.6. The van der Waals surface area contributed by atoms with Crippen molar-refractivity contribution in [3.05, 3.63) is 87.4 Å². The van der Waals surface area contributed by atoms with Gasteiger partial charge in [-0.25, -0.2) is 0 Å². The lowest BCUT2D eigenvalue weighted by Gasteiger charge is -2.09. The fourth-order valence-corrected chi connectivity index (χ4v) is 3.54. The molecule has 0 aliphatic rings.